The van der Waals surface area contributed by atoms with E-state index in [1.165, 1.54) is 6.33 Å². The van der Waals surface area contributed by atoms with Crippen molar-refractivity contribution in [3.05, 3.63) is 18.1 Å². The van der Waals surface area contributed by atoms with Gasteiger partial charge in [-0.05, 0) is 6.42 Å². The summed E-state index contributed by atoms with van der Waals surface area (Å²) in [5, 5.41) is 38.7. The number of nitrogens with zero attached hydrogens (tertiary/aromatic N) is 2. The summed E-state index contributed by atoms with van der Waals surface area (Å²) < 4.78 is 0. The molecule has 2 aromatic rings. The number of aromatic hydroxyl groups is 1. The van der Waals surface area contributed by atoms with E-state index < -0.39 is 12.2 Å². The van der Waals surface area contributed by atoms with Gasteiger partial charge in [0.25, 0.3) is 0 Å². The highest BCUT2D eigenvalue weighted by Gasteiger charge is 2.42. The number of rotatable bonds is 2. The summed E-state index contributed by atoms with van der Waals surface area (Å²) >= 11 is 0. The first-order valence-electron chi connectivity index (χ1n) is 6.11. The molecular formula is C12H15N3O4. The van der Waals surface area contributed by atoms with Crippen LogP contribution in [0.3, 0.4) is 0 Å². The molecule has 1 aliphatic carbocycles. The van der Waals surface area contributed by atoms with Gasteiger partial charge in [-0.25, -0.2) is 9.97 Å². The summed E-state index contributed by atoms with van der Waals surface area (Å²) in [6.45, 7) is -0.169. The van der Waals surface area contributed by atoms with E-state index >= 15 is 0 Å². The van der Waals surface area contributed by atoms with Crippen LogP contribution in [0.5, 0.6) is 5.88 Å². The highest BCUT2D eigenvalue weighted by molar-refractivity contribution is 5.83. The van der Waals surface area contributed by atoms with Crippen molar-refractivity contribution in [3.8, 4) is 5.88 Å². The minimum absolute atomic E-state index is 0.150. The van der Waals surface area contributed by atoms with Crippen molar-refractivity contribution in [2.45, 2.75) is 24.5 Å². The van der Waals surface area contributed by atoms with Crippen molar-refractivity contribution in [2.24, 2.45) is 5.92 Å². The molecule has 2 heterocycles. The number of aromatic amines is 1. The third kappa shape index (κ3) is 1.78. The Balaban J connectivity index is 2.04. The molecular weight excluding hydrogens is 250 g/mol. The molecule has 3 rings (SSSR count). The smallest absolute Gasteiger partial charge is 0.239 e. The lowest BCUT2D eigenvalue weighted by Crippen LogP contribution is -2.28. The minimum atomic E-state index is -0.951. The Morgan fingerprint density at radius 2 is 2.05 bits per heavy atom. The molecule has 7 nitrogen and oxygen atoms in total. The number of aliphatic hydroxyl groups excluding tert-OH is 3. The molecule has 0 amide bonds. The van der Waals surface area contributed by atoms with Crippen LogP contribution in [0, 0.1) is 5.92 Å². The quantitative estimate of drug-likeness (QED) is 0.498. The molecule has 0 aliphatic heterocycles. The average Bonchev–Trinajstić information content (AvgIpc) is 2.94. The van der Waals surface area contributed by atoms with Crippen LogP contribution in [-0.2, 0) is 0 Å². The largest absolute Gasteiger partial charge is 0.492 e. The van der Waals surface area contributed by atoms with E-state index in [4.69, 9.17) is 0 Å². The number of aromatic nitrogens is 3. The monoisotopic (exact) mass is 265 g/mol. The molecule has 1 aliphatic rings. The van der Waals surface area contributed by atoms with Crippen molar-refractivity contribution in [2.75, 3.05) is 6.61 Å². The summed E-state index contributed by atoms with van der Waals surface area (Å²) in [6.07, 6.45) is 1.47. The molecule has 7 heteroatoms. The van der Waals surface area contributed by atoms with Crippen molar-refractivity contribution >= 4 is 11.0 Å². The first-order chi connectivity index (χ1) is 9.13. The van der Waals surface area contributed by atoms with Crippen LogP contribution in [0.4, 0.5) is 0 Å². The zero-order chi connectivity index (χ0) is 13.6. The maximum absolute atomic E-state index is 10.1. The van der Waals surface area contributed by atoms with Crippen molar-refractivity contribution in [3.63, 3.8) is 0 Å². The average molecular weight is 265 g/mol. The van der Waals surface area contributed by atoms with Gasteiger partial charge < -0.3 is 25.4 Å². The van der Waals surface area contributed by atoms with Gasteiger partial charge in [-0.15, -0.1) is 0 Å². The second-order valence-corrected chi connectivity index (χ2v) is 4.93. The van der Waals surface area contributed by atoms with Gasteiger partial charge in [-0.2, -0.15) is 0 Å². The fourth-order valence-corrected chi connectivity index (χ4v) is 2.84. The Morgan fingerprint density at radius 3 is 2.74 bits per heavy atom. The zero-order valence-corrected chi connectivity index (χ0v) is 10.1. The second kappa shape index (κ2) is 4.44. The molecule has 0 radical (unpaired) electrons. The van der Waals surface area contributed by atoms with Crippen LogP contribution in [0.1, 0.15) is 17.9 Å². The van der Waals surface area contributed by atoms with E-state index in [9.17, 15) is 20.4 Å². The van der Waals surface area contributed by atoms with Crippen LogP contribution in [0.2, 0.25) is 0 Å². The van der Waals surface area contributed by atoms with Crippen LogP contribution < -0.4 is 0 Å². The van der Waals surface area contributed by atoms with E-state index in [0.717, 1.165) is 5.56 Å². The van der Waals surface area contributed by atoms with Gasteiger partial charge >= 0.3 is 0 Å². The van der Waals surface area contributed by atoms with Gasteiger partial charge in [-0.1, -0.05) is 0 Å². The highest BCUT2D eigenvalue weighted by atomic mass is 16.3. The SMILES string of the molecule is OCC1CC(c2c[nH]c3c(O)ncnc23)C(O)C1O. The third-order valence-electron chi connectivity index (χ3n) is 3.91. The van der Waals surface area contributed by atoms with Crippen LogP contribution in [0.15, 0.2) is 12.5 Å². The zero-order valence-electron chi connectivity index (χ0n) is 10.1. The van der Waals surface area contributed by atoms with E-state index in [2.05, 4.69) is 15.0 Å². The summed E-state index contributed by atoms with van der Waals surface area (Å²) in [5.74, 6) is -0.821. The maximum Gasteiger partial charge on any atom is 0.239 e. The molecule has 0 saturated heterocycles. The molecule has 4 unspecified atom stereocenters. The van der Waals surface area contributed by atoms with E-state index in [0.29, 0.717) is 17.5 Å². The molecule has 1 saturated carbocycles. The number of aliphatic hydroxyl groups is 3. The highest BCUT2D eigenvalue weighted by Crippen LogP contribution is 2.41. The summed E-state index contributed by atoms with van der Waals surface area (Å²) in [6, 6.07) is 0. The van der Waals surface area contributed by atoms with Gasteiger partial charge in [0.15, 0.2) is 0 Å². The third-order valence-corrected chi connectivity index (χ3v) is 3.91. The normalized spacial score (nSPS) is 31.1. The molecule has 5 N–H and O–H groups in total. The lowest BCUT2D eigenvalue weighted by atomic mass is 9.96. The van der Waals surface area contributed by atoms with Crippen molar-refractivity contribution in [1.82, 2.24) is 15.0 Å². The van der Waals surface area contributed by atoms with Crippen LogP contribution >= 0.6 is 0 Å². The fourth-order valence-electron chi connectivity index (χ4n) is 2.84. The predicted molar refractivity (Wildman–Crippen MR) is 65.5 cm³/mol. The summed E-state index contributed by atoms with van der Waals surface area (Å²) in [7, 11) is 0. The van der Waals surface area contributed by atoms with E-state index in [1.54, 1.807) is 6.20 Å². The molecule has 0 spiro atoms. The number of hydrogen-bond acceptors (Lipinski definition) is 6. The van der Waals surface area contributed by atoms with E-state index in [-0.39, 0.29) is 24.3 Å². The molecule has 0 bridgehead atoms. The van der Waals surface area contributed by atoms with Gasteiger partial charge in [0, 0.05) is 30.2 Å². The maximum atomic E-state index is 10.1. The Kier molecular flexibility index (Phi) is 2.89. The number of H-pyrrole nitrogens is 1. The second-order valence-electron chi connectivity index (χ2n) is 4.93. The minimum Gasteiger partial charge on any atom is -0.492 e. The first kappa shape index (κ1) is 12.3. The first-order valence-corrected chi connectivity index (χ1v) is 6.11. The van der Waals surface area contributed by atoms with Crippen LogP contribution in [-0.4, -0.2) is 54.2 Å². The van der Waals surface area contributed by atoms with Gasteiger partial charge in [0.1, 0.15) is 11.8 Å². The molecule has 0 aromatic carbocycles. The Labute approximate surface area is 108 Å². The predicted octanol–water partition coefficient (Wildman–Crippen LogP) is -0.519. The summed E-state index contributed by atoms with van der Waals surface area (Å²) in [4.78, 5) is 10.6. The van der Waals surface area contributed by atoms with Crippen molar-refractivity contribution < 1.29 is 20.4 Å². The molecule has 2 aromatic heterocycles. The number of fused-ring (bicyclic) bond motifs is 1. The van der Waals surface area contributed by atoms with Gasteiger partial charge in [0.05, 0.1) is 17.7 Å². The number of nitrogens with one attached hydrogen (secondary N) is 1. The Morgan fingerprint density at radius 1 is 1.26 bits per heavy atom. The molecule has 4 atom stereocenters. The van der Waals surface area contributed by atoms with Crippen molar-refractivity contribution in [1.29, 1.82) is 0 Å². The number of hydrogen-bond donors (Lipinski definition) is 5. The molecule has 102 valence electrons. The Hall–Kier alpha value is -1.70. The summed E-state index contributed by atoms with van der Waals surface area (Å²) in [5.41, 5.74) is 1.66. The standard InChI is InChI=1S/C12H15N3O4/c16-3-5-1-6(11(18)10(5)17)7-2-13-9-8(7)14-4-15-12(9)19/h2,4-6,10-11,13,16-18H,1,3H2,(H,14,15,19). The Bertz CT molecular complexity index is 600. The van der Waals surface area contributed by atoms with Gasteiger partial charge in [0.2, 0.25) is 5.88 Å². The molecule has 19 heavy (non-hydrogen) atoms. The molecule has 1 fully saturated rings. The lowest BCUT2D eigenvalue weighted by molar-refractivity contribution is 0.00241. The topological polar surface area (TPSA) is 122 Å². The van der Waals surface area contributed by atoms with Crippen LogP contribution in [0.25, 0.3) is 11.0 Å². The lowest BCUT2D eigenvalue weighted by Gasteiger charge is -2.15. The van der Waals surface area contributed by atoms with E-state index in [1.807, 2.05) is 0 Å². The fraction of sp³-hybridized carbons (Fsp3) is 0.500. The van der Waals surface area contributed by atoms with Gasteiger partial charge in [-0.3, -0.25) is 0 Å².